The monoisotopic (exact) mass is 240 g/mol. The summed E-state index contributed by atoms with van der Waals surface area (Å²) in [5.41, 5.74) is 0.293. The van der Waals surface area contributed by atoms with Gasteiger partial charge in [-0.25, -0.2) is 0 Å². The van der Waals surface area contributed by atoms with E-state index in [0.29, 0.717) is 17.7 Å². The average Bonchev–Trinajstić information content (AvgIpc) is 2.35. The molecule has 3 atom stereocenters. The zero-order valence-corrected chi connectivity index (χ0v) is 11.7. The molecule has 1 N–H and O–H groups in total. The molecular formula is C14H28N2O. The Labute approximate surface area is 106 Å². The van der Waals surface area contributed by atoms with Crippen molar-refractivity contribution in [2.75, 3.05) is 26.2 Å². The van der Waals surface area contributed by atoms with Crippen LogP contribution in [0.5, 0.6) is 0 Å². The maximum Gasteiger partial charge on any atom is 0.0702 e. The first-order valence-electron chi connectivity index (χ1n) is 7.23. The molecule has 2 fully saturated rings. The molecule has 0 spiro atoms. The minimum Gasteiger partial charge on any atom is -0.377 e. The average molecular weight is 240 g/mol. The maximum absolute atomic E-state index is 5.87. The lowest BCUT2D eigenvalue weighted by Crippen LogP contribution is -2.63. The molecule has 0 aromatic heterocycles. The Morgan fingerprint density at radius 3 is 2.88 bits per heavy atom. The quantitative estimate of drug-likeness (QED) is 0.817. The number of hydrogen-bond acceptors (Lipinski definition) is 3. The summed E-state index contributed by atoms with van der Waals surface area (Å²) in [5.74, 6) is 0. The van der Waals surface area contributed by atoms with Crippen LogP contribution in [0.3, 0.4) is 0 Å². The molecular weight excluding hydrogens is 212 g/mol. The van der Waals surface area contributed by atoms with Gasteiger partial charge in [-0.1, -0.05) is 6.92 Å². The van der Waals surface area contributed by atoms with Crippen molar-refractivity contribution in [1.29, 1.82) is 0 Å². The van der Waals surface area contributed by atoms with Crippen molar-refractivity contribution in [3.8, 4) is 0 Å². The largest absolute Gasteiger partial charge is 0.377 e. The third-order valence-electron chi connectivity index (χ3n) is 4.49. The van der Waals surface area contributed by atoms with Crippen LogP contribution in [-0.2, 0) is 4.74 Å². The molecule has 100 valence electrons. The van der Waals surface area contributed by atoms with Gasteiger partial charge in [0.2, 0.25) is 0 Å². The number of nitrogens with zero attached hydrogens (tertiary/aromatic N) is 1. The summed E-state index contributed by atoms with van der Waals surface area (Å²) in [6, 6.07) is 0.639. The first kappa shape index (κ1) is 13.3. The van der Waals surface area contributed by atoms with Crippen molar-refractivity contribution in [2.24, 2.45) is 0 Å². The summed E-state index contributed by atoms with van der Waals surface area (Å²) in [7, 11) is 0. The molecule has 2 rings (SSSR count). The molecule has 0 radical (unpaired) electrons. The first-order valence-corrected chi connectivity index (χ1v) is 7.23. The van der Waals surface area contributed by atoms with E-state index in [-0.39, 0.29) is 0 Å². The van der Waals surface area contributed by atoms with E-state index in [1.54, 1.807) is 0 Å². The Hall–Kier alpha value is -0.120. The second-order valence-corrected chi connectivity index (χ2v) is 6.06. The van der Waals surface area contributed by atoms with Gasteiger partial charge in [0.05, 0.1) is 6.10 Å². The maximum atomic E-state index is 5.87. The fourth-order valence-electron chi connectivity index (χ4n) is 2.88. The van der Waals surface area contributed by atoms with Crippen LogP contribution in [0, 0.1) is 0 Å². The van der Waals surface area contributed by atoms with Gasteiger partial charge in [0.25, 0.3) is 0 Å². The van der Waals surface area contributed by atoms with Crippen LogP contribution in [0.4, 0.5) is 0 Å². The molecule has 3 heteroatoms. The summed E-state index contributed by atoms with van der Waals surface area (Å²) in [5, 5.41) is 3.68. The molecule has 3 unspecified atom stereocenters. The molecule has 0 amide bonds. The highest BCUT2D eigenvalue weighted by molar-refractivity contribution is 4.93. The molecule has 0 saturated carbocycles. The molecule has 0 aliphatic carbocycles. The van der Waals surface area contributed by atoms with Crippen LogP contribution in [0.15, 0.2) is 0 Å². The second kappa shape index (κ2) is 5.68. The van der Waals surface area contributed by atoms with Crippen molar-refractivity contribution in [3.63, 3.8) is 0 Å². The van der Waals surface area contributed by atoms with Crippen molar-refractivity contribution in [1.82, 2.24) is 10.2 Å². The Bertz CT molecular complexity index is 240. The van der Waals surface area contributed by atoms with Gasteiger partial charge in [-0.3, -0.25) is 4.90 Å². The van der Waals surface area contributed by atoms with Crippen LogP contribution in [0.2, 0.25) is 0 Å². The molecule has 17 heavy (non-hydrogen) atoms. The predicted octanol–water partition coefficient (Wildman–Crippen LogP) is 2.02. The number of ether oxygens (including phenoxy) is 1. The van der Waals surface area contributed by atoms with E-state index in [2.05, 4.69) is 31.0 Å². The molecule has 2 heterocycles. The van der Waals surface area contributed by atoms with E-state index < -0.39 is 0 Å². The van der Waals surface area contributed by atoms with Crippen LogP contribution >= 0.6 is 0 Å². The van der Waals surface area contributed by atoms with E-state index in [4.69, 9.17) is 4.74 Å². The lowest BCUT2D eigenvalue weighted by Gasteiger charge is -2.46. The summed E-state index contributed by atoms with van der Waals surface area (Å²) < 4.78 is 5.87. The molecule has 0 aromatic rings. The summed E-state index contributed by atoms with van der Waals surface area (Å²) >= 11 is 0. The van der Waals surface area contributed by atoms with Gasteiger partial charge in [0.15, 0.2) is 0 Å². The molecule has 0 aromatic carbocycles. The third-order valence-corrected chi connectivity index (χ3v) is 4.49. The third kappa shape index (κ3) is 3.43. The van der Waals surface area contributed by atoms with E-state index in [1.165, 1.54) is 25.7 Å². The van der Waals surface area contributed by atoms with Gasteiger partial charge >= 0.3 is 0 Å². The minimum atomic E-state index is 0.293. The normalized spacial score (nSPS) is 40.4. The lowest BCUT2D eigenvalue weighted by molar-refractivity contribution is -0.0262. The first-order chi connectivity index (χ1) is 8.13. The van der Waals surface area contributed by atoms with Crippen molar-refractivity contribution in [2.45, 2.75) is 64.1 Å². The van der Waals surface area contributed by atoms with E-state index in [1.807, 2.05) is 0 Å². The Balaban J connectivity index is 1.88. The van der Waals surface area contributed by atoms with Crippen LogP contribution in [-0.4, -0.2) is 48.8 Å². The topological polar surface area (TPSA) is 24.5 Å². The Morgan fingerprint density at radius 1 is 1.41 bits per heavy atom. The van der Waals surface area contributed by atoms with Gasteiger partial charge in [-0.15, -0.1) is 0 Å². The Morgan fingerprint density at radius 2 is 2.24 bits per heavy atom. The van der Waals surface area contributed by atoms with E-state index in [0.717, 1.165) is 26.2 Å². The lowest BCUT2D eigenvalue weighted by atomic mass is 9.93. The highest BCUT2D eigenvalue weighted by Gasteiger charge is 2.33. The standard InChI is InChI=1S/C14H28N2O/c1-4-14(3)11-16(12(2)9-15-14)10-13-7-5-6-8-17-13/h12-13,15H,4-11H2,1-3H3. The molecule has 2 aliphatic rings. The minimum absolute atomic E-state index is 0.293. The molecule has 2 saturated heterocycles. The van der Waals surface area contributed by atoms with Crippen molar-refractivity contribution >= 4 is 0 Å². The van der Waals surface area contributed by atoms with E-state index >= 15 is 0 Å². The molecule has 0 bridgehead atoms. The smallest absolute Gasteiger partial charge is 0.0702 e. The molecule has 3 nitrogen and oxygen atoms in total. The summed E-state index contributed by atoms with van der Waals surface area (Å²) in [6.07, 6.45) is 5.52. The second-order valence-electron chi connectivity index (χ2n) is 6.06. The van der Waals surface area contributed by atoms with Crippen LogP contribution < -0.4 is 5.32 Å². The fraction of sp³-hybridized carbons (Fsp3) is 1.00. The highest BCUT2D eigenvalue weighted by atomic mass is 16.5. The zero-order valence-electron chi connectivity index (χ0n) is 11.7. The van der Waals surface area contributed by atoms with Gasteiger partial charge in [0.1, 0.15) is 0 Å². The predicted molar refractivity (Wildman–Crippen MR) is 71.3 cm³/mol. The van der Waals surface area contributed by atoms with Crippen molar-refractivity contribution < 1.29 is 4.74 Å². The number of piperazine rings is 1. The number of hydrogen-bond donors (Lipinski definition) is 1. The Kier molecular flexibility index (Phi) is 4.45. The SMILES string of the molecule is CCC1(C)CN(CC2CCCCO2)C(C)CN1. The summed E-state index contributed by atoms with van der Waals surface area (Å²) in [4.78, 5) is 2.62. The fourth-order valence-corrected chi connectivity index (χ4v) is 2.88. The number of rotatable bonds is 3. The van der Waals surface area contributed by atoms with Crippen molar-refractivity contribution in [3.05, 3.63) is 0 Å². The van der Waals surface area contributed by atoms with Crippen LogP contribution in [0.25, 0.3) is 0 Å². The number of nitrogens with one attached hydrogen (secondary N) is 1. The van der Waals surface area contributed by atoms with Gasteiger partial charge in [-0.05, 0) is 39.5 Å². The van der Waals surface area contributed by atoms with Gasteiger partial charge in [0, 0.05) is 37.8 Å². The van der Waals surface area contributed by atoms with Crippen LogP contribution in [0.1, 0.15) is 46.5 Å². The summed E-state index contributed by atoms with van der Waals surface area (Å²) in [6.45, 7) is 11.3. The van der Waals surface area contributed by atoms with E-state index in [9.17, 15) is 0 Å². The zero-order chi connectivity index (χ0) is 12.3. The van der Waals surface area contributed by atoms with Gasteiger partial charge < -0.3 is 10.1 Å². The highest BCUT2D eigenvalue weighted by Crippen LogP contribution is 2.21. The van der Waals surface area contributed by atoms with Gasteiger partial charge in [-0.2, -0.15) is 0 Å². The molecule has 2 aliphatic heterocycles.